The average Bonchev–Trinajstić information content (AvgIpc) is 2.61. The van der Waals surface area contributed by atoms with Crippen LogP contribution in [0.5, 0.6) is 0 Å². The number of rotatable bonds is 1. The Bertz CT molecular complexity index is 259. The van der Waals surface area contributed by atoms with Crippen LogP contribution in [0.2, 0.25) is 0 Å². The van der Waals surface area contributed by atoms with Crippen molar-refractivity contribution in [3.63, 3.8) is 0 Å². The van der Waals surface area contributed by atoms with Gasteiger partial charge in [0.2, 0.25) is 0 Å². The van der Waals surface area contributed by atoms with Crippen molar-refractivity contribution in [2.75, 3.05) is 7.11 Å². The van der Waals surface area contributed by atoms with E-state index in [9.17, 15) is 0 Å². The Morgan fingerprint density at radius 2 is 1.87 bits per heavy atom. The third-order valence-electron chi connectivity index (χ3n) is 4.53. The maximum Gasteiger partial charge on any atom is 0.0669 e. The third-order valence-corrected chi connectivity index (χ3v) is 4.53. The number of hydrogen-bond donors (Lipinski definition) is 0. The second-order valence-corrected chi connectivity index (χ2v) is 6.24. The van der Waals surface area contributed by atoms with Crippen LogP contribution in [0.25, 0.3) is 0 Å². The molecular formula is C14H24O. The van der Waals surface area contributed by atoms with Crippen molar-refractivity contribution in [1.82, 2.24) is 0 Å². The summed E-state index contributed by atoms with van der Waals surface area (Å²) in [4.78, 5) is 0. The van der Waals surface area contributed by atoms with Gasteiger partial charge in [0, 0.05) is 12.5 Å². The molecule has 0 aliphatic heterocycles. The summed E-state index contributed by atoms with van der Waals surface area (Å²) in [6.07, 6.45) is 8.13. The fourth-order valence-electron chi connectivity index (χ4n) is 3.74. The van der Waals surface area contributed by atoms with Crippen LogP contribution >= 0.6 is 0 Å². The minimum absolute atomic E-state index is 0.338. The van der Waals surface area contributed by atoms with Crippen molar-refractivity contribution in [2.24, 2.45) is 10.8 Å². The van der Waals surface area contributed by atoms with Crippen LogP contribution in [-0.2, 0) is 4.74 Å². The summed E-state index contributed by atoms with van der Waals surface area (Å²) in [5.41, 5.74) is 2.18. The third kappa shape index (κ3) is 1.75. The molecule has 0 bridgehead atoms. The molecule has 2 rings (SSSR count). The minimum Gasteiger partial charge on any atom is -0.381 e. The molecule has 0 radical (unpaired) electrons. The van der Waals surface area contributed by atoms with Gasteiger partial charge >= 0.3 is 0 Å². The molecule has 1 heteroatoms. The normalized spacial score (nSPS) is 33.5. The summed E-state index contributed by atoms with van der Waals surface area (Å²) in [6, 6.07) is 0. The zero-order valence-corrected chi connectivity index (χ0v) is 10.4. The maximum atomic E-state index is 5.77. The summed E-state index contributed by atoms with van der Waals surface area (Å²) < 4.78 is 5.77. The molecule has 0 saturated heterocycles. The Morgan fingerprint density at radius 3 is 2.40 bits per heavy atom. The molecular weight excluding hydrogens is 184 g/mol. The molecule has 0 heterocycles. The van der Waals surface area contributed by atoms with Gasteiger partial charge in [-0.1, -0.05) is 38.8 Å². The van der Waals surface area contributed by atoms with Crippen LogP contribution in [-0.4, -0.2) is 13.2 Å². The molecule has 1 unspecified atom stereocenters. The van der Waals surface area contributed by atoms with Gasteiger partial charge in [-0.15, -0.1) is 0 Å². The Hall–Kier alpha value is -0.300. The van der Waals surface area contributed by atoms with Gasteiger partial charge in [-0.3, -0.25) is 0 Å². The molecule has 0 aromatic heterocycles. The zero-order chi connectivity index (χ0) is 11.1. The van der Waals surface area contributed by atoms with Crippen molar-refractivity contribution in [2.45, 2.75) is 58.5 Å². The number of hydrogen-bond acceptors (Lipinski definition) is 1. The highest BCUT2D eigenvalue weighted by Crippen LogP contribution is 2.56. The highest BCUT2D eigenvalue weighted by molar-refractivity contribution is 5.21. The van der Waals surface area contributed by atoms with Crippen LogP contribution in [0, 0.1) is 10.8 Å². The predicted molar refractivity (Wildman–Crippen MR) is 63.9 cm³/mol. The lowest BCUT2D eigenvalue weighted by Gasteiger charge is -2.48. The first-order valence-corrected chi connectivity index (χ1v) is 6.21. The Balaban J connectivity index is 2.26. The molecule has 1 spiro atoms. The van der Waals surface area contributed by atoms with Gasteiger partial charge in [-0.25, -0.2) is 0 Å². The van der Waals surface area contributed by atoms with Crippen LogP contribution in [0.3, 0.4) is 0 Å². The average molecular weight is 208 g/mol. The van der Waals surface area contributed by atoms with E-state index in [0.717, 1.165) is 0 Å². The lowest BCUT2D eigenvalue weighted by molar-refractivity contribution is -0.0421. The molecule has 0 aromatic rings. The first kappa shape index (κ1) is 11.2. The summed E-state index contributed by atoms with van der Waals surface area (Å²) in [5, 5.41) is 0. The monoisotopic (exact) mass is 208 g/mol. The van der Waals surface area contributed by atoms with E-state index in [-0.39, 0.29) is 0 Å². The van der Waals surface area contributed by atoms with Crippen LogP contribution < -0.4 is 0 Å². The van der Waals surface area contributed by atoms with Gasteiger partial charge in [0.15, 0.2) is 0 Å². The van der Waals surface area contributed by atoms with E-state index in [1.54, 1.807) is 0 Å². The summed E-state index contributed by atoms with van der Waals surface area (Å²) >= 11 is 0. The SMILES string of the molecule is C=C1CC(C)(C)CC(OC)C12CCCC2. The molecule has 86 valence electrons. The number of ether oxygens (including phenoxy) is 1. The molecule has 15 heavy (non-hydrogen) atoms. The van der Waals surface area contributed by atoms with Crippen LogP contribution in [0.1, 0.15) is 52.4 Å². The van der Waals surface area contributed by atoms with E-state index in [4.69, 9.17) is 4.74 Å². The van der Waals surface area contributed by atoms with Gasteiger partial charge in [0.25, 0.3) is 0 Å². The number of methoxy groups -OCH3 is 1. The largest absolute Gasteiger partial charge is 0.381 e. The van der Waals surface area contributed by atoms with Gasteiger partial charge in [-0.2, -0.15) is 0 Å². The second kappa shape index (κ2) is 3.62. The smallest absolute Gasteiger partial charge is 0.0669 e. The molecule has 0 amide bonds. The summed E-state index contributed by atoms with van der Waals surface area (Å²) in [7, 11) is 1.87. The van der Waals surface area contributed by atoms with Gasteiger partial charge in [0.1, 0.15) is 0 Å². The van der Waals surface area contributed by atoms with Crippen molar-refractivity contribution in [3.8, 4) is 0 Å². The van der Waals surface area contributed by atoms with E-state index in [1.165, 1.54) is 44.1 Å². The molecule has 2 fully saturated rings. The molecule has 2 aliphatic carbocycles. The van der Waals surface area contributed by atoms with Crippen molar-refractivity contribution in [1.29, 1.82) is 0 Å². The molecule has 0 N–H and O–H groups in total. The highest BCUT2D eigenvalue weighted by atomic mass is 16.5. The van der Waals surface area contributed by atoms with Crippen LogP contribution in [0.15, 0.2) is 12.2 Å². The summed E-state index contributed by atoms with van der Waals surface area (Å²) in [5.74, 6) is 0. The first-order chi connectivity index (χ1) is 7.00. The minimum atomic E-state index is 0.338. The van der Waals surface area contributed by atoms with Gasteiger partial charge < -0.3 is 4.74 Å². The first-order valence-electron chi connectivity index (χ1n) is 6.21. The van der Waals surface area contributed by atoms with E-state index < -0.39 is 0 Å². The Morgan fingerprint density at radius 1 is 1.27 bits per heavy atom. The fraction of sp³-hybridized carbons (Fsp3) is 0.857. The van der Waals surface area contributed by atoms with Crippen molar-refractivity contribution in [3.05, 3.63) is 12.2 Å². The van der Waals surface area contributed by atoms with Gasteiger partial charge in [0.05, 0.1) is 6.10 Å². The van der Waals surface area contributed by atoms with E-state index in [1.807, 2.05) is 7.11 Å². The van der Waals surface area contributed by atoms with Crippen LogP contribution in [0.4, 0.5) is 0 Å². The Kier molecular flexibility index (Phi) is 2.70. The molecule has 1 atom stereocenters. The second-order valence-electron chi connectivity index (χ2n) is 6.24. The summed E-state index contributed by atoms with van der Waals surface area (Å²) in [6.45, 7) is 9.04. The van der Waals surface area contributed by atoms with Crippen molar-refractivity contribution < 1.29 is 4.74 Å². The highest BCUT2D eigenvalue weighted by Gasteiger charge is 2.49. The van der Waals surface area contributed by atoms with Gasteiger partial charge in [-0.05, 0) is 31.1 Å². The standard InChI is InChI=1S/C14H24O/c1-11-9-13(2,3)10-12(15-4)14(11)7-5-6-8-14/h12H,1,5-10H2,2-4H3. The van der Waals surface area contributed by atoms with E-state index in [2.05, 4.69) is 20.4 Å². The van der Waals surface area contributed by atoms with E-state index in [0.29, 0.717) is 16.9 Å². The zero-order valence-electron chi connectivity index (χ0n) is 10.4. The maximum absolute atomic E-state index is 5.77. The predicted octanol–water partition coefficient (Wildman–Crippen LogP) is 3.94. The fourth-order valence-corrected chi connectivity index (χ4v) is 3.74. The van der Waals surface area contributed by atoms with E-state index >= 15 is 0 Å². The molecule has 2 saturated carbocycles. The molecule has 1 nitrogen and oxygen atoms in total. The molecule has 0 aromatic carbocycles. The van der Waals surface area contributed by atoms with Crippen molar-refractivity contribution >= 4 is 0 Å². The molecule has 2 aliphatic rings. The quantitative estimate of drug-likeness (QED) is 0.593. The lowest BCUT2D eigenvalue weighted by atomic mass is 9.60. The topological polar surface area (TPSA) is 9.23 Å². The lowest BCUT2D eigenvalue weighted by Crippen LogP contribution is -2.44. The Labute approximate surface area is 93.9 Å².